The average Bonchev–Trinajstić information content (AvgIpc) is 2.83. The molecule has 0 bridgehead atoms. The largest absolute Gasteiger partial charge is 0.497 e. The predicted molar refractivity (Wildman–Crippen MR) is 69.7 cm³/mol. The van der Waals surface area contributed by atoms with Crippen LogP contribution in [-0.4, -0.2) is 28.4 Å². The van der Waals surface area contributed by atoms with Gasteiger partial charge in [-0.15, -0.1) is 0 Å². The minimum Gasteiger partial charge on any atom is -0.497 e. The van der Waals surface area contributed by atoms with Crippen molar-refractivity contribution in [2.75, 3.05) is 19.0 Å². The van der Waals surface area contributed by atoms with Crippen molar-refractivity contribution < 1.29 is 9.84 Å². The van der Waals surface area contributed by atoms with E-state index >= 15 is 0 Å². The molecule has 96 valence electrons. The Bertz CT molecular complexity index is 493. The van der Waals surface area contributed by atoms with E-state index < -0.39 is 0 Å². The van der Waals surface area contributed by atoms with Gasteiger partial charge >= 0.3 is 0 Å². The molecule has 1 aromatic carbocycles. The Kier molecular flexibility index (Phi) is 3.84. The lowest BCUT2D eigenvalue weighted by molar-refractivity contribution is 0.272. The minimum atomic E-state index is -0.175. The molecule has 2 rings (SSSR count). The molecule has 0 saturated carbocycles. The number of benzene rings is 1. The van der Waals surface area contributed by atoms with Crippen molar-refractivity contribution in [3.63, 3.8) is 0 Å². The van der Waals surface area contributed by atoms with E-state index in [0.29, 0.717) is 0 Å². The zero-order chi connectivity index (χ0) is 13.0. The maximum atomic E-state index is 9.46. The summed E-state index contributed by atoms with van der Waals surface area (Å²) in [6.45, 7) is 0.00552. The molecule has 5 heteroatoms. The van der Waals surface area contributed by atoms with Crippen LogP contribution in [0.3, 0.4) is 0 Å². The Morgan fingerprint density at radius 1 is 1.39 bits per heavy atom. The lowest BCUT2D eigenvalue weighted by Gasteiger charge is -2.18. The lowest BCUT2D eigenvalue weighted by atomic mass is 10.2. The van der Waals surface area contributed by atoms with Crippen molar-refractivity contribution in [1.29, 1.82) is 0 Å². The number of aliphatic hydroxyl groups is 1. The minimum absolute atomic E-state index is 0.00552. The molecule has 1 atom stereocenters. The van der Waals surface area contributed by atoms with Crippen LogP contribution in [0.4, 0.5) is 5.69 Å². The summed E-state index contributed by atoms with van der Waals surface area (Å²) in [7, 11) is 3.54. The molecule has 2 N–H and O–H groups in total. The van der Waals surface area contributed by atoms with Gasteiger partial charge in [0.05, 0.1) is 38.0 Å². The number of anilines is 1. The van der Waals surface area contributed by atoms with E-state index in [2.05, 4.69) is 10.3 Å². The summed E-state index contributed by atoms with van der Waals surface area (Å²) in [4.78, 5) is 4.05. The second-order valence-corrected chi connectivity index (χ2v) is 4.04. The highest BCUT2D eigenvalue weighted by Crippen LogP contribution is 2.21. The van der Waals surface area contributed by atoms with Crippen molar-refractivity contribution in [1.82, 2.24) is 9.55 Å². The Labute approximate surface area is 106 Å². The molecule has 0 amide bonds. The molecule has 0 aliphatic rings. The maximum Gasteiger partial charge on any atom is 0.119 e. The number of rotatable bonds is 5. The first-order valence-corrected chi connectivity index (χ1v) is 5.72. The first kappa shape index (κ1) is 12.4. The van der Waals surface area contributed by atoms with E-state index in [1.165, 1.54) is 0 Å². The number of imidazole rings is 1. The zero-order valence-electron chi connectivity index (χ0n) is 10.5. The third-order valence-corrected chi connectivity index (χ3v) is 2.82. The molecule has 1 aromatic heterocycles. The number of nitrogens with zero attached hydrogens (tertiary/aromatic N) is 2. The standard InChI is InChI=1S/C13H17N3O2/c1-16-9-14-7-13(16)12(8-17)15-10-3-5-11(18-2)6-4-10/h3-7,9,12,15,17H,8H2,1-2H3. The number of hydrogen-bond donors (Lipinski definition) is 2. The van der Waals surface area contributed by atoms with Gasteiger partial charge < -0.3 is 19.7 Å². The molecule has 0 radical (unpaired) electrons. The molecule has 1 unspecified atom stereocenters. The number of hydrogen-bond acceptors (Lipinski definition) is 4. The highest BCUT2D eigenvalue weighted by molar-refractivity contribution is 5.47. The molecule has 1 heterocycles. The van der Waals surface area contributed by atoms with Crippen LogP contribution in [0, 0.1) is 0 Å². The lowest BCUT2D eigenvalue weighted by Crippen LogP contribution is -2.17. The molecule has 0 spiro atoms. The van der Waals surface area contributed by atoms with Gasteiger partial charge in [-0.2, -0.15) is 0 Å². The van der Waals surface area contributed by atoms with Crippen LogP contribution >= 0.6 is 0 Å². The van der Waals surface area contributed by atoms with Crippen LogP contribution in [0.1, 0.15) is 11.7 Å². The fourth-order valence-electron chi connectivity index (χ4n) is 1.80. The van der Waals surface area contributed by atoms with E-state index in [1.54, 1.807) is 19.6 Å². The van der Waals surface area contributed by atoms with E-state index in [0.717, 1.165) is 17.1 Å². The zero-order valence-corrected chi connectivity index (χ0v) is 10.5. The maximum absolute atomic E-state index is 9.46. The fraction of sp³-hybridized carbons (Fsp3) is 0.308. The summed E-state index contributed by atoms with van der Waals surface area (Å²) in [6.07, 6.45) is 3.46. The van der Waals surface area contributed by atoms with Crippen LogP contribution in [0.15, 0.2) is 36.8 Å². The molecular formula is C13H17N3O2. The van der Waals surface area contributed by atoms with Gasteiger partial charge in [-0.05, 0) is 24.3 Å². The Morgan fingerprint density at radius 2 is 2.11 bits per heavy atom. The second kappa shape index (κ2) is 5.55. The van der Waals surface area contributed by atoms with Gasteiger partial charge in [-0.3, -0.25) is 0 Å². The van der Waals surface area contributed by atoms with Gasteiger partial charge in [-0.25, -0.2) is 4.98 Å². The molecule has 0 saturated heterocycles. The van der Waals surface area contributed by atoms with Crippen molar-refractivity contribution in [3.8, 4) is 5.75 Å². The van der Waals surface area contributed by atoms with E-state index in [9.17, 15) is 5.11 Å². The van der Waals surface area contributed by atoms with Crippen LogP contribution in [-0.2, 0) is 7.05 Å². The summed E-state index contributed by atoms with van der Waals surface area (Å²) in [5, 5.41) is 12.7. The Balaban J connectivity index is 2.13. The average molecular weight is 247 g/mol. The number of ether oxygens (including phenoxy) is 1. The summed E-state index contributed by atoms with van der Waals surface area (Å²) in [6, 6.07) is 7.40. The van der Waals surface area contributed by atoms with Gasteiger partial charge in [0.25, 0.3) is 0 Å². The highest BCUT2D eigenvalue weighted by atomic mass is 16.5. The quantitative estimate of drug-likeness (QED) is 0.842. The highest BCUT2D eigenvalue weighted by Gasteiger charge is 2.13. The third kappa shape index (κ3) is 2.62. The van der Waals surface area contributed by atoms with E-state index in [4.69, 9.17) is 4.74 Å². The fourth-order valence-corrected chi connectivity index (χ4v) is 1.80. The summed E-state index contributed by atoms with van der Waals surface area (Å²) >= 11 is 0. The van der Waals surface area contributed by atoms with Gasteiger partial charge in [-0.1, -0.05) is 0 Å². The molecular weight excluding hydrogens is 230 g/mol. The first-order valence-electron chi connectivity index (χ1n) is 5.72. The van der Waals surface area contributed by atoms with Crippen molar-refractivity contribution in [2.24, 2.45) is 7.05 Å². The summed E-state index contributed by atoms with van der Waals surface area (Å²) < 4.78 is 6.99. The number of methoxy groups -OCH3 is 1. The van der Waals surface area contributed by atoms with Crippen molar-refractivity contribution in [3.05, 3.63) is 42.5 Å². The second-order valence-electron chi connectivity index (χ2n) is 4.04. The summed E-state index contributed by atoms with van der Waals surface area (Å²) in [5.74, 6) is 0.807. The monoisotopic (exact) mass is 247 g/mol. The van der Waals surface area contributed by atoms with Crippen LogP contribution < -0.4 is 10.1 Å². The van der Waals surface area contributed by atoms with Crippen LogP contribution in [0.2, 0.25) is 0 Å². The number of aryl methyl sites for hydroxylation is 1. The van der Waals surface area contributed by atoms with Gasteiger partial charge in [0.1, 0.15) is 5.75 Å². The van der Waals surface area contributed by atoms with E-state index in [1.807, 2.05) is 35.9 Å². The summed E-state index contributed by atoms with van der Waals surface area (Å²) in [5.41, 5.74) is 1.87. The molecule has 0 fully saturated rings. The first-order chi connectivity index (χ1) is 8.74. The number of aliphatic hydroxyl groups excluding tert-OH is 1. The third-order valence-electron chi connectivity index (χ3n) is 2.82. The van der Waals surface area contributed by atoms with Gasteiger partial charge in [0.2, 0.25) is 0 Å². The molecule has 18 heavy (non-hydrogen) atoms. The van der Waals surface area contributed by atoms with Crippen molar-refractivity contribution >= 4 is 5.69 Å². The SMILES string of the molecule is COc1ccc(NC(CO)c2cncn2C)cc1. The van der Waals surface area contributed by atoms with Gasteiger partial charge in [0, 0.05) is 12.7 Å². The Morgan fingerprint density at radius 3 is 2.61 bits per heavy atom. The molecule has 0 aliphatic carbocycles. The molecule has 0 aliphatic heterocycles. The smallest absolute Gasteiger partial charge is 0.119 e. The van der Waals surface area contributed by atoms with Crippen LogP contribution in [0.25, 0.3) is 0 Å². The normalized spacial score (nSPS) is 12.2. The topological polar surface area (TPSA) is 59.3 Å². The number of aromatic nitrogens is 2. The van der Waals surface area contributed by atoms with Gasteiger partial charge in [0.15, 0.2) is 0 Å². The molecule has 2 aromatic rings. The number of nitrogens with one attached hydrogen (secondary N) is 1. The predicted octanol–water partition coefficient (Wildman–Crippen LogP) is 1.57. The Hall–Kier alpha value is -2.01. The van der Waals surface area contributed by atoms with Crippen molar-refractivity contribution in [2.45, 2.75) is 6.04 Å². The van der Waals surface area contributed by atoms with Crippen LogP contribution in [0.5, 0.6) is 5.75 Å². The van der Waals surface area contributed by atoms with E-state index in [-0.39, 0.29) is 12.6 Å². The molecule has 5 nitrogen and oxygen atoms in total.